The Morgan fingerprint density at radius 3 is 2.53 bits per heavy atom. The van der Waals surface area contributed by atoms with Crippen molar-refractivity contribution in [3.8, 4) is 11.3 Å². The zero-order chi connectivity index (χ0) is 10.7. The van der Waals surface area contributed by atoms with Crippen LogP contribution >= 0.6 is 0 Å². The molecule has 4 N–H and O–H groups in total. The maximum absolute atomic E-state index is 5.76. The molecule has 0 saturated heterocycles. The number of hydrogen-bond donors (Lipinski definition) is 2. The molecule has 1 aromatic carbocycles. The number of anilines is 1. The Labute approximate surface area is 88.0 Å². The Kier molecular flexibility index (Phi) is 2.60. The van der Waals surface area contributed by atoms with Crippen LogP contribution in [0.5, 0.6) is 0 Å². The molecule has 0 atom stereocenters. The number of nitrogen functional groups attached to an aromatic ring is 1. The van der Waals surface area contributed by atoms with Crippen LogP contribution in [0.2, 0.25) is 0 Å². The van der Waals surface area contributed by atoms with E-state index in [2.05, 4.69) is 9.97 Å². The van der Waals surface area contributed by atoms with E-state index in [9.17, 15) is 0 Å². The quantitative estimate of drug-likeness (QED) is 0.763. The lowest BCUT2D eigenvalue weighted by Crippen LogP contribution is -2.04. The third-order valence-corrected chi connectivity index (χ3v) is 2.11. The highest BCUT2D eigenvalue weighted by Gasteiger charge is 2.05. The van der Waals surface area contributed by atoms with Gasteiger partial charge in [-0.15, -0.1) is 0 Å². The zero-order valence-corrected chi connectivity index (χ0v) is 8.22. The summed E-state index contributed by atoms with van der Waals surface area (Å²) < 4.78 is 0. The van der Waals surface area contributed by atoms with E-state index in [1.165, 1.54) is 0 Å². The minimum absolute atomic E-state index is 0.368. The van der Waals surface area contributed by atoms with Crippen LogP contribution in [0.3, 0.4) is 0 Å². The highest BCUT2D eigenvalue weighted by Crippen LogP contribution is 2.21. The molecule has 0 saturated carbocycles. The van der Waals surface area contributed by atoms with Crippen LogP contribution in [0.4, 0.5) is 5.82 Å². The second kappa shape index (κ2) is 4.06. The number of rotatable bonds is 2. The average molecular weight is 200 g/mol. The second-order valence-electron chi connectivity index (χ2n) is 3.17. The third kappa shape index (κ3) is 1.94. The molecule has 0 radical (unpaired) electrons. The van der Waals surface area contributed by atoms with Gasteiger partial charge in [0.25, 0.3) is 0 Å². The molecule has 2 aromatic rings. The Bertz CT molecular complexity index is 453. The summed E-state index contributed by atoms with van der Waals surface area (Å²) in [6.07, 6.45) is 1.60. The molecule has 0 aliphatic carbocycles. The molecule has 0 bridgehead atoms. The number of benzene rings is 1. The molecule has 1 aromatic heterocycles. The summed E-state index contributed by atoms with van der Waals surface area (Å²) in [7, 11) is 0. The Morgan fingerprint density at radius 1 is 1.13 bits per heavy atom. The van der Waals surface area contributed by atoms with Crippen LogP contribution in [0.15, 0.2) is 36.5 Å². The second-order valence-corrected chi connectivity index (χ2v) is 3.17. The van der Waals surface area contributed by atoms with Gasteiger partial charge in [-0.2, -0.15) is 0 Å². The van der Waals surface area contributed by atoms with Gasteiger partial charge < -0.3 is 11.5 Å². The lowest BCUT2D eigenvalue weighted by atomic mass is 10.1. The van der Waals surface area contributed by atoms with Crippen molar-refractivity contribution in [2.75, 3.05) is 5.73 Å². The lowest BCUT2D eigenvalue weighted by molar-refractivity contribution is 0.970. The topological polar surface area (TPSA) is 77.8 Å². The van der Waals surface area contributed by atoms with Gasteiger partial charge in [-0.3, -0.25) is 0 Å². The third-order valence-electron chi connectivity index (χ3n) is 2.11. The molecule has 15 heavy (non-hydrogen) atoms. The van der Waals surface area contributed by atoms with Crippen LogP contribution < -0.4 is 11.5 Å². The predicted octanol–water partition coefficient (Wildman–Crippen LogP) is 1.18. The van der Waals surface area contributed by atoms with Crippen molar-refractivity contribution in [2.45, 2.75) is 6.54 Å². The SMILES string of the molecule is NCc1cnc(N)c(-c2ccccc2)n1. The molecule has 4 heteroatoms. The molecule has 1 heterocycles. The largest absolute Gasteiger partial charge is 0.382 e. The van der Waals surface area contributed by atoms with E-state index in [-0.39, 0.29) is 0 Å². The zero-order valence-electron chi connectivity index (χ0n) is 8.22. The monoisotopic (exact) mass is 200 g/mol. The van der Waals surface area contributed by atoms with Crippen LogP contribution in [0.25, 0.3) is 11.3 Å². The van der Waals surface area contributed by atoms with Gasteiger partial charge in [0.1, 0.15) is 11.5 Å². The lowest BCUT2D eigenvalue weighted by Gasteiger charge is -2.05. The van der Waals surface area contributed by atoms with Gasteiger partial charge in [0, 0.05) is 12.1 Å². The standard InChI is InChI=1S/C11H12N4/c12-6-9-7-14-11(13)10(15-9)8-4-2-1-3-5-8/h1-5,7H,6,12H2,(H2,13,14). The van der Waals surface area contributed by atoms with Gasteiger partial charge in [0.2, 0.25) is 0 Å². The van der Waals surface area contributed by atoms with Gasteiger partial charge in [-0.1, -0.05) is 30.3 Å². The van der Waals surface area contributed by atoms with E-state index < -0.39 is 0 Å². The molecule has 0 aliphatic heterocycles. The normalized spacial score (nSPS) is 10.2. The summed E-state index contributed by atoms with van der Waals surface area (Å²) in [5.41, 5.74) is 13.7. The number of nitrogens with zero attached hydrogens (tertiary/aromatic N) is 2. The van der Waals surface area contributed by atoms with Crippen molar-refractivity contribution in [3.63, 3.8) is 0 Å². The Morgan fingerprint density at radius 2 is 1.87 bits per heavy atom. The van der Waals surface area contributed by atoms with E-state index in [4.69, 9.17) is 11.5 Å². The maximum Gasteiger partial charge on any atom is 0.150 e. The Balaban J connectivity index is 2.52. The van der Waals surface area contributed by atoms with Gasteiger partial charge in [-0.25, -0.2) is 9.97 Å². The van der Waals surface area contributed by atoms with E-state index in [1.807, 2.05) is 30.3 Å². The molecule has 76 valence electrons. The van der Waals surface area contributed by atoms with Crippen molar-refractivity contribution >= 4 is 5.82 Å². The molecule has 0 unspecified atom stereocenters. The molecular weight excluding hydrogens is 188 g/mol. The average Bonchev–Trinajstić information content (AvgIpc) is 2.31. The van der Waals surface area contributed by atoms with Crippen molar-refractivity contribution in [1.82, 2.24) is 9.97 Å². The van der Waals surface area contributed by atoms with Gasteiger partial charge in [0.05, 0.1) is 11.9 Å². The molecule has 2 rings (SSSR count). The fraction of sp³-hybridized carbons (Fsp3) is 0.0909. The Hall–Kier alpha value is -1.94. The summed E-state index contributed by atoms with van der Waals surface area (Å²) in [6.45, 7) is 0.368. The van der Waals surface area contributed by atoms with E-state index >= 15 is 0 Å². The number of hydrogen-bond acceptors (Lipinski definition) is 4. The summed E-state index contributed by atoms with van der Waals surface area (Å²) in [4.78, 5) is 8.41. The minimum Gasteiger partial charge on any atom is -0.382 e. The highest BCUT2D eigenvalue weighted by molar-refractivity contribution is 5.69. The van der Waals surface area contributed by atoms with Crippen LogP contribution in [0.1, 0.15) is 5.69 Å². The van der Waals surface area contributed by atoms with Crippen molar-refractivity contribution in [1.29, 1.82) is 0 Å². The molecular formula is C11H12N4. The first-order valence-corrected chi connectivity index (χ1v) is 4.68. The fourth-order valence-corrected chi connectivity index (χ4v) is 1.34. The molecule has 0 fully saturated rings. The summed E-state index contributed by atoms with van der Waals surface area (Å²) in [6, 6.07) is 9.71. The van der Waals surface area contributed by atoms with Crippen LogP contribution in [-0.2, 0) is 6.54 Å². The molecule has 0 amide bonds. The molecule has 0 aliphatic rings. The summed E-state index contributed by atoms with van der Waals surface area (Å²) >= 11 is 0. The fourth-order valence-electron chi connectivity index (χ4n) is 1.34. The maximum atomic E-state index is 5.76. The van der Waals surface area contributed by atoms with Gasteiger partial charge in [-0.05, 0) is 0 Å². The molecule has 0 spiro atoms. The van der Waals surface area contributed by atoms with E-state index in [1.54, 1.807) is 6.20 Å². The van der Waals surface area contributed by atoms with Crippen molar-refractivity contribution < 1.29 is 0 Å². The van der Waals surface area contributed by atoms with Gasteiger partial charge in [0.15, 0.2) is 0 Å². The summed E-state index contributed by atoms with van der Waals surface area (Å²) in [5.74, 6) is 0.429. The first-order valence-electron chi connectivity index (χ1n) is 4.68. The summed E-state index contributed by atoms with van der Waals surface area (Å²) in [5, 5.41) is 0. The first kappa shape index (κ1) is 9.61. The van der Waals surface area contributed by atoms with Crippen molar-refractivity contribution in [3.05, 3.63) is 42.2 Å². The van der Waals surface area contributed by atoms with Crippen molar-refractivity contribution in [2.24, 2.45) is 5.73 Å². The first-order chi connectivity index (χ1) is 7.31. The highest BCUT2D eigenvalue weighted by atomic mass is 14.9. The number of nitrogens with two attached hydrogens (primary N) is 2. The smallest absolute Gasteiger partial charge is 0.150 e. The van der Waals surface area contributed by atoms with E-state index in [0.717, 1.165) is 11.3 Å². The number of aromatic nitrogens is 2. The van der Waals surface area contributed by atoms with Gasteiger partial charge >= 0.3 is 0 Å². The van der Waals surface area contributed by atoms with Crippen LogP contribution in [0, 0.1) is 0 Å². The van der Waals surface area contributed by atoms with Crippen LogP contribution in [-0.4, -0.2) is 9.97 Å². The minimum atomic E-state index is 0.368. The predicted molar refractivity (Wildman–Crippen MR) is 59.8 cm³/mol. The van der Waals surface area contributed by atoms with E-state index in [0.29, 0.717) is 18.1 Å². The molecule has 4 nitrogen and oxygen atoms in total.